The molecule has 1 unspecified atom stereocenters. The van der Waals surface area contributed by atoms with Gasteiger partial charge in [0, 0.05) is 17.4 Å². The van der Waals surface area contributed by atoms with Crippen LogP contribution >= 0.6 is 0 Å². The first-order valence-corrected chi connectivity index (χ1v) is 7.51. The van der Waals surface area contributed by atoms with Crippen molar-refractivity contribution in [3.05, 3.63) is 23.8 Å². The van der Waals surface area contributed by atoms with Gasteiger partial charge in [-0.15, -0.1) is 0 Å². The third kappa shape index (κ3) is 3.25. The summed E-state index contributed by atoms with van der Waals surface area (Å²) in [5.41, 5.74) is 1.55. The Labute approximate surface area is 122 Å². The number of benzene rings is 1. The van der Waals surface area contributed by atoms with Crippen molar-refractivity contribution < 1.29 is 22.6 Å². The van der Waals surface area contributed by atoms with E-state index in [2.05, 4.69) is 6.58 Å². The van der Waals surface area contributed by atoms with Crippen LogP contribution in [-0.2, 0) is 21.7 Å². The fraction of sp³-hybridized carbons (Fsp3) is 0.429. The molecule has 1 aromatic rings. The molecule has 0 aromatic heterocycles. The van der Waals surface area contributed by atoms with Gasteiger partial charge in [0.2, 0.25) is 16.8 Å². The third-order valence-corrected chi connectivity index (χ3v) is 3.24. The van der Waals surface area contributed by atoms with E-state index in [9.17, 15) is 4.21 Å². The van der Waals surface area contributed by atoms with Crippen LogP contribution in [0.15, 0.2) is 12.6 Å². The van der Waals surface area contributed by atoms with Crippen LogP contribution in [0, 0.1) is 0 Å². The third-order valence-electron chi connectivity index (χ3n) is 2.80. The minimum absolute atomic E-state index is 0.307. The summed E-state index contributed by atoms with van der Waals surface area (Å²) >= 11 is -1.44. The lowest BCUT2D eigenvalue weighted by molar-refractivity contribution is 0.322. The van der Waals surface area contributed by atoms with E-state index < -0.39 is 11.1 Å². The molecule has 0 N–H and O–H groups in total. The molecule has 5 nitrogen and oxygen atoms in total. The second kappa shape index (κ2) is 7.19. The lowest BCUT2D eigenvalue weighted by Gasteiger charge is -2.19. The van der Waals surface area contributed by atoms with Crippen LogP contribution in [-0.4, -0.2) is 31.8 Å². The van der Waals surface area contributed by atoms with Crippen molar-refractivity contribution in [2.45, 2.75) is 13.3 Å². The van der Waals surface area contributed by atoms with E-state index in [0.29, 0.717) is 35.0 Å². The molecule has 0 aliphatic rings. The molecule has 20 heavy (non-hydrogen) atoms. The molecule has 0 saturated heterocycles. The molecular formula is C14H20O5S. The van der Waals surface area contributed by atoms with Crippen molar-refractivity contribution in [2.75, 3.05) is 27.6 Å². The van der Waals surface area contributed by atoms with Gasteiger partial charge in [-0.1, -0.05) is 13.5 Å². The average molecular weight is 300 g/mol. The van der Waals surface area contributed by atoms with Gasteiger partial charge in [-0.3, -0.25) is 0 Å². The van der Waals surface area contributed by atoms with E-state index in [1.807, 2.05) is 6.92 Å². The van der Waals surface area contributed by atoms with E-state index >= 15 is 0 Å². The second-order valence-electron chi connectivity index (χ2n) is 3.93. The zero-order chi connectivity index (χ0) is 15.3. The molecule has 0 amide bonds. The normalized spacial score (nSPS) is 11.7. The van der Waals surface area contributed by atoms with E-state index in [1.165, 1.54) is 13.4 Å². The second-order valence-corrected chi connectivity index (χ2v) is 4.90. The van der Waals surface area contributed by atoms with Crippen molar-refractivity contribution in [1.82, 2.24) is 0 Å². The fourth-order valence-electron chi connectivity index (χ4n) is 2.00. The predicted octanol–water partition coefficient (Wildman–Crippen LogP) is 2.56. The molecule has 1 aromatic carbocycles. The Hall–Kier alpha value is -1.69. The Bertz CT molecular complexity index is 525. The van der Waals surface area contributed by atoms with Crippen molar-refractivity contribution in [1.29, 1.82) is 0 Å². The van der Waals surface area contributed by atoms with Crippen molar-refractivity contribution >= 4 is 16.8 Å². The van der Waals surface area contributed by atoms with Crippen molar-refractivity contribution in [3.8, 4) is 17.2 Å². The maximum atomic E-state index is 11.2. The lowest BCUT2D eigenvalue weighted by atomic mass is 10.0. The Kier molecular flexibility index (Phi) is 5.88. The highest BCUT2D eigenvalue weighted by Gasteiger charge is 2.21. The molecule has 0 aliphatic carbocycles. The molecule has 0 bridgehead atoms. The summed E-state index contributed by atoms with van der Waals surface area (Å²) in [5.74, 6) is 1.89. The van der Waals surface area contributed by atoms with Crippen LogP contribution in [0.25, 0.3) is 5.76 Å². The zero-order valence-corrected chi connectivity index (χ0v) is 13.3. The summed E-state index contributed by atoms with van der Waals surface area (Å²) in [6, 6.07) is 1.75. The number of hydrogen-bond acceptors (Lipinski definition) is 5. The number of ether oxygens (including phenoxy) is 3. The summed E-state index contributed by atoms with van der Waals surface area (Å²) in [7, 11) is 4.64. The van der Waals surface area contributed by atoms with Gasteiger partial charge >= 0.3 is 0 Å². The van der Waals surface area contributed by atoms with Crippen LogP contribution < -0.4 is 14.2 Å². The molecule has 0 spiro atoms. The van der Waals surface area contributed by atoms with E-state index in [-0.39, 0.29) is 0 Å². The minimum atomic E-state index is -1.44. The largest absolute Gasteiger partial charge is 0.493 e. The highest BCUT2D eigenvalue weighted by Crippen LogP contribution is 2.44. The molecule has 112 valence electrons. The standard InChI is InChI=1S/C14H20O5S/c1-7-10-11(9(2)19-20(6)15)8-12(16-3)14(18-5)13(10)17-4/h8H,2,7H2,1,3-6H3. The molecule has 6 heteroatoms. The maximum Gasteiger partial charge on any atom is 0.203 e. The molecule has 1 rings (SSSR count). The Balaban J connectivity index is 3.51. The van der Waals surface area contributed by atoms with Gasteiger partial charge in [0.05, 0.1) is 21.3 Å². The summed E-state index contributed by atoms with van der Waals surface area (Å²) in [5, 5.41) is 0. The smallest absolute Gasteiger partial charge is 0.203 e. The van der Waals surface area contributed by atoms with E-state index in [0.717, 1.165) is 5.56 Å². The van der Waals surface area contributed by atoms with Gasteiger partial charge in [-0.25, -0.2) is 4.21 Å². The highest BCUT2D eigenvalue weighted by atomic mass is 32.2. The predicted molar refractivity (Wildman–Crippen MR) is 79.7 cm³/mol. The first-order valence-electron chi connectivity index (χ1n) is 6.02. The average Bonchev–Trinajstić information content (AvgIpc) is 2.43. The van der Waals surface area contributed by atoms with Crippen LogP contribution in [0.1, 0.15) is 18.1 Å². The number of methoxy groups -OCH3 is 3. The summed E-state index contributed by atoms with van der Waals surface area (Å²) in [4.78, 5) is 0. The molecular weight excluding hydrogens is 280 g/mol. The molecule has 0 saturated carbocycles. The lowest BCUT2D eigenvalue weighted by Crippen LogP contribution is -2.04. The van der Waals surface area contributed by atoms with Gasteiger partial charge in [-0.05, 0) is 12.5 Å². The fourth-order valence-corrected chi connectivity index (χ4v) is 2.38. The minimum Gasteiger partial charge on any atom is -0.493 e. The molecule has 1 atom stereocenters. The van der Waals surface area contributed by atoms with Crippen molar-refractivity contribution in [3.63, 3.8) is 0 Å². The number of rotatable bonds is 7. The van der Waals surface area contributed by atoms with Crippen LogP contribution in [0.5, 0.6) is 17.2 Å². The van der Waals surface area contributed by atoms with Crippen LogP contribution in [0.3, 0.4) is 0 Å². The van der Waals surface area contributed by atoms with Crippen molar-refractivity contribution in [2.24, 2.45) is 0 Å². The summed E-state index contributed by atoms with van der Waals surface area (Å²) < 4.78 is 32.4. The first kappa shape index (κ1) is 16.4. The topological polar surface area (TPSA) is 54.0 Å². The Morgan fingerprint density at radius 1 is 1.20 bits per heavy atom. The Morgan fingerprint density at radius 2 is 1.80 bits per heavy atom. The van der Waals surface area contributed by atoms with Gasteiger partial charge in [-0.2, -0.15) is 0 Å². The monoisotopic (exact) mass is 300 g/mol. The maximum absolute atomic E-state index is 11.2. The quantitative estimate of drug-likeness (QED) is 0.724. The van der Waals surface area contributed by atoms with Crippen LogP contribution in [0.2, 0.25) is 0 Å². The Morgan fingerprint density at radius 3 is 2.20 bits per heavy atom. The molecule has 0 fully saturated rings. The van der Waals surface area contributed by atoms with E-state index in [4.69, 9.17) is 18.4 Å². The van der Waals surface area contributed by atoms with Gasteiger partial charge < -0.3 is 18.4 Å². The molecule has 0 aliphatic heterocycles. The summed E-state index contributed by atoms with van der Waals surface area (Å²) in [6.45, 7) is 5.79. The van der Waals surface area contributed by atoms with Gasteiger partial charge in [0.15, 0.2) is 11.5 Å². The first-order chi connectivity index (χ1) is 9.49. The van der Waals surface area contributed by atoms with Gasteiger partial charge in [0.25, 0.3) is 0 Å². The highest BCUT2D eigenvalue weighted by molar-refractivity contribution is 7.79. The van der Waals surface area contributed by atoms with Crippen LogP contribution in [0.4, 0.5) is 0 Å². The molecule has 0 heterocycles. The zero-order valence-electron chi connectivity index (χ0n) is 12.4. The van der Waals surface area contributed by atoms with Gasteiger partial charge in [0.1, 0.15) is 5.76 Å². The molecule has 0 radical (unpaired) electrons. The van der Waals surface area contributed by atoms with E-state index in [1.54, 1.807) is 20.3 Å². The SMILES string of the molecule is C=C(OS(C)=O)c1cc(OC)c(OC)c(OC)c1CC. The number of hydrogen-bond donors (Lipinski definition) is 0. The summed E-state index contributed by atoms with van der Waals surface area (Å²) in [6.07, 6.45) is 2.12.